The van der Waals surface area contributed by atoms with Crippen LogP contribution in [0.5, 0.6) is 0 Å². The molecule has 1 fully saturated rings. The third-order valence-electron chi connectivity index (χ3n) is 4.06. The lowest BCUT2D eigenvalue weighted by Gasteiger charge is -2.32. The number of hydrogen-bond acceptors (Lipinski definition) is 6. The fourth-order valence-electron chi connectivity index (χ4n) is 2.77. The maximum Gasteiger partial charge on any atom is 0.334 e. The van der Waals surface area contributed by atoms with Crippen LogP contribution in [0.25, 0.3) is 0 Å². The van der Waals surface area contributed by atoms with Gasteiger partial charge in [0.15, 0.2) is 0 Å². The summed E-state index contributed by atoms with van der Waals surface area (Å²) in [5, 5.41) is 5.13. The summed E-state index contributed by atoms with van der Waals surface area (Å²) >= 11 is 1.36. The number of likely N-dealkylation sites (N-methyl/N-ethyl adjacent to an activating group) is 1. The maximum atomic E-state index is 12.2. The van der Waals surface area contributed by atoms with E-state index in [4.69, 9.17) is 10.5 Å². The van der Waals surface area contributed by atoms with E-state index in [-0.39, 0.29) is 6.03 Å². The van der Waals surface area contributed by atoms with Gasteiger partial charge in [-0.3, -0.25) is 15.5 Å². The molecule has 8 nitrogen and oxygen atoms in total. The molecule has 0 saturated carbocycles. The van der Waals surface area contributed by atoms with Crippen molar-refractivity contribution in [2.45, 2.75) is 13.0 Å². The van der Waals surface area contributed by atoms with Gasteiger partial charge < -0.3 is 15.4 Å². The van der Waals surface area contributed by atoms with Crippen molar-refractivity contribution >= 4 is 28.3 Å². The van der Waals surface area contributed by atoms with Gasteiger partial charge >= 0.3 is 6.03 Å². The molecule has 0 atom stereocenters. The zero-order chi connectivity index (χ0) is 16.4. The molecule has 3 amide bonds. The molecular formula is C14H21N5O3S. The van der Waals surface area contributed by atoms with Crippen LogP contribution >= 0.6 is 11.3 Å². The van der Waals surface area contributed by atoms with Crippen molar-refractivity contribution in [1.82, 2.24) is 15.3 Å². The average Bonchev–Trinajstić information content (AvgIpc) is 2.87. The number of ether oxygens (including phenoxy) is 1. The first-order valence-electron chi connectivity index (χ1n) is 7.58. The van der Waals surface area contributed by atoms with Crippen LogP contribution in [0.15, 0.2) is 0 Å². The number of nitrogens with zero attached hydrogens (tertiary/aromatic N) is 2. The molecule has 23 heavy (non-hydrogen) atoms. The van der Waals surface area contributed by atoms with Crippen LogP contribution in [0, 0.1) is 0 Å². The quantitative estimate of drug-likeness (QED) is 0.731. The summed E-state index contributed by atoms with van der Waals surface area (Å²) in [4.78, 5) is 27.1. The highest BCUT2D eigenvalue weighted by atomic mass is 32.1. The fraction of sp³-hybridized carbons (Fsp3) is 0.571. The van der Waals surface area contributed by atoms with Gasteiger partial charge in [0, 0.05) is 31.1 Å². The van der Waals surface area contributed by atoms with E-state index >= 15 is 0 Å². The van der Waals surface area contributed by atoms with Gasteiger partial charge in [-0.1, -0.05) is 0 Å². The van der Waals surface area contributed by atoms with Crippen molar-refractivity contribution < 1.29 is 14.3 Å². The van der Waals surface area contributed by atoms with Gasteiger partial charge in [0.25, 0.3) is 5.91 Å². The molecule has 1 aromatic heterocycles. The summed E-state index contributed by atoms with van der Waals surface area (Å²) in [6.45, 7) is 4.36. The van der Waals surface area contributed by atoms with E-state index < -0.39 is 5.91 Å². The van der Waals surface area contributed by atoms with Crippen molar-refractivity contribution in [2.75, 3.05) is 45.2 Å². The van der Waals surface area contributed by atoms with Crippen LogP contribution < -0.4 is 16.5 Å². The lowest BCUT2D eigenvalue weighted by molar-refractivity contribution is 0.0991. The number of nitrogens with two attached hydrogens (primary N) is 1. The van der Waals surface area contributed by atoms with Crippen molar-refractivity contribution in [3.63, 3.8) is 0 Å². The number of amides is 3. The number of primary amides is 1. The molecule has 0 unspecified atom stereocenters. The molecule has 2 aliphatic heterocycles. The minimum absolute atomic E-state index is 0.350. The fourth-order valence-corrected chi connectivity index (χ4v) is 3.96. The van der Waals surface area contributed by atoms with Crippen LogP contribution in [0.3, 0.4) is 0 Å². The van der Waals surface area contributed by atoms with E-state index in [2.05, 4.69) is 22.7 Å². The number of hydrazine groups is 1. The van der Waals surface area contributed by atoms with E-state index in [1.807, 2.05) is 5.01 Å². The van der Waals surface area contributed by atoms with Gasteiger partial charge in [-0.15, -0.1) is 11.3 Å². The van der Waals surface area contributed by atoms with Gasteiger partial charge in [-0.2, -0.15) is 0 Å². The monoisotopic (exact) mass is 339 g/mol. The highest BCUT2D eigenvalue weighted by Crippen LogP contribution is 2.36. The maximum absolute atomic E-state index is 12.2. The van der Waals surface area contributed by atoms with Crippen LogP contribution in [0.4, 0.5) is 9.80 Å². The number of carbonyl (C=O) groups is 2. The van der Waals surface area contributed by atoms with E-state index in [9.17, 15) is 9.59 Å². The molecule has 126 valence electrons. The van der Waals surface area contributed by atoms with Crippen LogP contribution in [-0.2, 0) is 17.8 Å². The largest absolute Gasteiger partial charge is 0.376 e. The third kappa shape index (κ3) is 3.63. The van der Waals surface area contributed by atoms with Crippen molar-refractivity contribution in [3.8, 4) is 0 Å². The van der Waals surface area contributed by atoms with Gasteiger partial charge in [0.05, 0.1) is 18.8 Å². The lowest BCUT2D eigenvalue weighted by Crippen LogP contribution is -2.53. The molecular weight excluding hydrogens is 318 g/mol. The Morgan fingerprint density at radius 1 is 1.26 bits per heavy atom. The summed E-state index contributed by atoms with van der Waals surface area (Å²) in [7, 11) is 2.05. The predicted octanol–water partition coefficient (Wildman–Crippen LogP) is 0.204. The molecule has 0 aliphatic carbocycles. The normalized spacial score (nSPS) is 19.2. The zero-order valence-electron chi connectivity index (χ0n) is 13.1. The van der Waals surface area contributed by atoms with Crippen LogP contribution in [-0.4, -0.2) is 61.7 Å². The number of rotatable bonds is 3. The second-order valence-corrected chi connectivity index (χ2v) is 6.84. The van der Waals surface area contributed by atoms with Gasteiger partial charge in [-0.25, -0.2) is 9.80 Å². The van der Waals surface area contributed by atoms with Gasteiger partial charge in [0.2, 0.25) is 0 Å². The summed E-state index contributed by atoms with van der Waals surface area (Å²) in [6, 6.07) is -0.350. The highest BCUT2D eigenvalue weighted by Gasteiger charge is 2.26. The Hall–Kier alpha value is -1.68. The molecule has 9 heteroatoms. The summed E-state index contributed by atoms with van der Waals surface area (Å²) in [5.74, 6) is -0.515. The Kier molecular flexibility index (Phi) is 4.81. The first-order valence-corrected chi connectivity index (χ1v) is 8.39. The van der Waals surface area contributed by atoms with Crippen molar-refractivity contribution in [1.29, 1.82) is 0 Å². The van der Waals surface area contributed by atoms with Crippen LogP contribution in [0.1, 0.15) is 20.8 Å². The Morgan fingerprint density at radius 3 is 2.70 bits per heavy atom. The summed E-state index contributed by atoms with van der Waals surface area (Å²) < 4.78 is 5.40. The molecule has 0 aromatic carbocycles. The minimum atomic E-state index is -0.515. The lowest BCUT2D eigenvalue weighted by atomic mass is 10.1. The van der Waals surface area contributed by atoms with E-state index in [0.717, 1.165) is 36.6 Å². The minimum Gasteiger partial charge on any atom is -0.376 e. The van der Waals surface area contributed by atoms with E-state index in [0.29, 0.717) is 30.2 Å². The molecule has 1 aromatic rings. The molecule has 3 heterocycles. The zero-order valence-corrected chi connectivity index (χ0v) is 13.9. The van der Waals surface area contributed by atoms with Crippen molar-refractivity contribution in [3.05, 3.63) is 16.0 Å². The average molecular weight is 339 g/mol. The first-order chi connectivity index (χ1) is 11.0. The van der Waals surface area contributed by atoms with E-state index in [1.165, 1.54) is 11.3 Å². The first kappa shape index (κ1) is 16.2. The third-order valence-corrected chi connectivity index (χ3v) is 5.18. The number of nitrogens with one attached hydrogen (secondary N) is 2. The Bertz CT molecular complexity index is 610. The molecule has 0 radical (unpaired) electrons. The second-order valence-electron chi connectivity index (χ2n) is 5.73. The number of piperazine rings is 1. The number of thiophene rings is 1. The van der Waals surface area contributed by atoms with Gasteiger partial charge in [-0.05, 0) is 19.0 Å². The molecule has 3 rings (SSSR count). The Balaban J connectivity index is 1.68. The van der Waals surface area contributed by atoms with Crippen molar-refractivity contribution in [2.24, 2.45) is 5.73 Å². The predicted molar refractivity (Wildman–Crippen MR) is 87.4 cm³/mol. The SMILES string of the molecule is CN1CCN(NC(=O)Nc2sc3c(c2C(N)=O)CCOC3)CC1. The number of anilines is 1. The Morgan fingerprint density at radius 2 is 2.00 bits per heavy atom. The smallest absolute Gasteiger partial charge is 0.334 e. The molecule has 0 spiro atoms. The standard InChI is InChI=1S/C14H21N5O3S/c1-18-3-5-19(6-4-18)17-14(21)16-13-11(12(15)20)9-2-7-22-8-10(9)23-13/h2-8H2,1H3,(H2,15,20)(H2,16,17,21). The number of urea groups is 1. The van der Waals surface area contributed by atoms with Gasteiger partial charge in [0.1, 0.15) is 5.00 Å². The molecule has 4 N–H and O–H groups in total. The molecule has 1 saturated heterocycles. The van der Waals surface area contributed by atoms with Crippen LogP contribution in [0.2, 0.25) is 0 Å². The molecule has 0 bridgehead atoms. The topological polar surface area (TPSA) is 99.9 Å². The second kappa shape index (κ2) is 6.83. The number of fused-ring (bicyclic) bond motifs is 1. The highest BCUT2D eigenvalue weighted by molar-refractivity contribution is 7.17. The summed E-state index contributed by atoms with van der Waals surface area (Å²) in [6.07, 6.45) is 0.645. The number of carbonyl (C=O) groups excluding carboxylic acids is 2. The molecule has 2 aliphatic rings. The van der Waals surface area contributed by atoms with E-state index in [1.54, 1.807) is 0 Å². The summed E-state index contributed by atoms with van der Waals surface area (Å²) in [5.41, 5.74) is 9.64. The number of hydrogen-bond donors (Lipinski definition) is 3. The Labute approximate surface area is 138 Å².